The first-order valence-corrected chi connectivity index (χ1v) is 10.2. The van der Waals surface area contributed by atoms with Crippen molar-refractivity contribution in [1.82, 2.24) is 14.2 Å². The van der Waals surface area contributed by atoms with Crippen LogP contribution in [0, 0.1) is 6.92 Å². The van der Waals surface area contributed by atoms with E-state index in [1.807, 2.05) is 25.1 Å². The Morgan fingerprint density at radius 2 is 1.84 bits per heavy atom. The summed E-state index contributed by atoms with van der Waals surface area (Å²) in [5.41, 5.74) is 2.03. The second kappa shape index (κ2) is 6.36. The second-order valence-corrected chi connectivity index (χ2v) is 8.99. The lowest BCUT2D eigenvalue weighted by Crippen LogP contribution is -2.69. The number of hydrogen-bond acceptors (Lipinski definition) is 4. The van der Waals surface area contributed by atoms with E-state index in [1.54, 1.807) is 28.6 Å². The quantitative estimate of drug-likeness (QED) is 0.822. The number of piperidine rings is 1. The molecule has 2 aromatic rings. The van der Waals surface area contributed by atoms with Gasteiger partial charge < -0.3 is 0 Å². The zero-order valence-electron chi connectivity index (χ0n) is 14.0. The lowest BCUT2D eigenvalue weighted by atomic mass is 9.91. The minimum atomic E-state index is -3.54. The van der Waals surface area contributed by atoms with Crippen LogP contribution in [-0.4, -0.2) is 47.8 Å². The van der Waals surface area contributed by atoms with Gasteiger partial charge in [0.05, 0.1) is 10.7 Å². The Labute approximate surface area is 153 Å². The normalized spacial score (nSPS) is 24.1. The van der Waals surface area contributed by atoms with E-state index in [-0.39, 0.29) is 22.0 Å². The highest BCUT2D eigenvalue weighted by Gasteiger charge is 2.51. The molecule has 3 fully saturated rings. The molecule has 1 aromatic heterocycles. The Hall–Kier alpha value is -1.47. The molecule has 132 valence electrons. The summed E-state index contributed by atoms with van der Waals surface area (Å²) in [6, 6.07) is 12.7. The Balaban J connectivity index is 1.49. The maximum Gasteiger partial charge on any atom is 0.245 e. The van der Waals surface area contributed by atoms with Crippen LogP contribution >= 0.6 is 11.6 Å². The molecule has 2 bridgehead atoms. The van der Waals surface area contributed by atoms with E-state index in [9.17, 15) is 8.42 Å². The average Bonchev–Trinajstić information content (AvgIpc) is 2.54. The minimum Gasteiger partial charge on any atom is -0.294 e. The number of nitrogens with zero attached hydrogens (tertiary/aromatic N) is 3. The fourth-order valence-corrected chi connectivity index (χ4v) is 6.18. The number of rotatable bonds is 4. The largest absolute Gasteiger partial charge is 0.294 e. The van der Waals surface area contributed by atoms with Crippen LogP contribution in [0.4, 0.5) is 0 Å². The standard InChI is InChI=1S/C18H20ClN3O2S/c1-13-5-4-6-14(20-13)10-21-11-15-9-16(12-21)22(15)25(23,24)18-8-3-2-7-17(18)19/h2-8,15-16H,9-12H2,1H3. The topological polar surface area (TPSA) is 53.5 Å². The molecular formula is C18H20ClN3O2S. The SMILES string of the molecule is Cc1cccc(CN2CC3CC(C2)N3S(=O)(=O)c2ccccc2Cl)n1. The monoisotopic (exact) mass is 377 g/mol. The van der Waals surface area contributed by atoms with E-state index in [0.717, 1.165) is 37.4 Å². The molecule has 0 saturated carbocycles. The van der Waals surface area contributed by atoms with Gasteiger partial charge in [-0.25, -0.2) is 8.42 Å². The van der Waals surface area contributed by atoms with Crippen LogP contribution in [0.5, 0.6) is 0 Å². The molecule has 0 spiro atoms. The number of pyridine rings is 1. The van der Waals surface area contributed by atoms with Crippen molar-refractivity contribution in [1.29, 1.82) is 0 Å². The van der Waals surface area contributed by atoms with Gasteiger partial charge >= 0.3 is 0 Å². The van der Waals surface area contributed by atoms with Gasteiger partial charge in [0, 0.05) is 37.4 Å². The predicted molar refractivity (Wildman–Crippen MR) is 96.9 cm³/mol. The lowest BCUT2D eigenvalue weighted by molar-refractivity contribution is -0.0108. The first-order valence-electron chi connectivity index (χ1n) is 8.38. The van der Waals surface area contributed by atoms with Gasteiger partial charge in [-0.05, 0) is 37.6 Å². The second-order valence-electron chi connectivity index (χ2n) is 6.77. The summed E-state index contributed by atoms with van der Waals surface area (Å²) in [5.74, 6) is 0. The van der Waals surface area contributed by atoms with Crippen LogP contribution in [0.2, 0.25) is 5.02 Å². The fourth-order valence-electron chi connectivity index (χ4n) is 3.87. The molecule has 7 heteroatoms. The van der Waals surface area contributed by atoms with Crippen molar-refractivity contribution in [3.8, 4) is 0 Å². The highest BCUT2D eigenvalue weighted by molar-refractivity contribution is 7.89. The molecule has 2 unspecified atom stereocenters. The van der Waals surface area contributed by atoms with Crippen LogP contribution in [0.25, 0.3) is 0 Å². The van der Waals surface area contributed by atoms with Gasteiger partial charge in [-0.3, -0.25) is 9.88 Å². The minimum absolute atomic E-state index is 0.0184. The van der Waals surface area contributed by atoms with Gasteiger partial charge in [-0.15, -0.1) is 0 Å². The number of fused-ring (bicyclic) bond motifs is 2. The van der Waals surface area contributed by atoms with E-state index < -0.39 is 10.0 Å². The van der Waals surface area contributed by atoms with Gasteiger partial charge in [0.1, 0.15) is 4.90 Å². The summed E-state index contributed by atoms with van der Waals surface area (Å²) in [4.78, 5) is 7.04. The Morgan fingerprint density at radius 3 is 2.52 bits per heavy atom. The third-order valence-corrected chi connectivity index (χ3v) is 7.43. The number of hydrogen-bond donors (Lipinski definition) is 0. The first kappa shape index (κ1) is 17.0. The summed E-state index contributed by atoms with van der Waals surface area (Å²) in [7, 11) is -3.54. The van der Waals surface area contributed by atoms with Crippen molar-refractivity contribution < 1.29 is 8.42 Å². The van der Waals surface area contributed by atoms with E-state index in [2.05, 4.69) is 9.88 Å². The Bertz CT molecular complexity index is 891. The average molecular weight is 378 g/mol. The molecule has 4 heterocycles. The van der Waals surface area contributed by atoms with Crippen LogP contribution in [0.15, 0.2) is 47.4 Å². The molecule has 5 rings (SSSR count). The summed E-state index contributed by atoms with van der Waals surface area (Å²) < 4.78 is 27.6. The molecular weight excluding hydrogens is 358 g/mol. The maximum atomic E-state index is 13.0. The molecule has 3 aliphatic heterocycles. The number of aryl methyl sites for hydroxylation is 1. The van der Waals surface area contributed by atoms with E-state index in [1.165, 1.54) is 0 Å². The molecule has 3 aliphatic rings. The van der Waals surface area contributed by atoms with Crippen LogP contribution in [0.3, 0.4) is 0 Å². The number of halogens is 1. The number of aromatic nitrogens is 1. The Kier molecular flexibility index (Phi) is 4.32. The highest BCUT2D eigenvalue weighted by Crippen LogP contribution is 2.39. The molecule has 25 heavy (non-hydrogen) atoms. The van der Waals surface area contributed by atoms with Crippen LogP contribution in [0.1, 0.15) is 17.8 Å². The van der Waals surface area contributed by atoms with Gasteiger partial charge in [0.25, 0.3) is 0 Å². The van der Waals surface area contributed by atoms with Gasteiger partial charge in [0.15, 0.2) is 0 Å². The molecule has 0 radical (unpaired) electrons. The van der Waals surface area contributed by atoms with E-state index >= 15 is 0 Å². The molecule has 5 nitrogen and oxygen atoms in total. The van der Waals surface area contributed by atoms with Gasteiger partial charge in [-0.2, -0.15) is 4.31 Å². The number of piperazine rings is 1. The number of sulfonamides is 1. The lowest BCUT2D eigenvalue weighted by Gasteiger charge is -2.55. The van der Waals surface area contributed by atoms with Crippen molar-refractivity contribution in [3.63, 3.8) is 0 Å². The summed E-state index contributed by atoms with van der Waals surface area (Å²) in [6.45, 7) is 4.20. The molecule has 2 atom stereocenters. The molecule has 0 aliphatic carbocycles. The molecule has 0 N–H and O–H groups in total. The van der Waals surface area contributed by atoms with Crippen molar-refractivity contribution in [2.45, 2.75) is 36.9 Å². The Morgan fingerprint density at radius 1 is 1.12 bits per heavy atom. The molecule has 0 amide bonds. The summed E-state index contributed by atoms with van der Waals surface area (Å²) >= 11 is 6.12. The zero-order chi connectivity index (χ0) is 17.6. The first-order chi connectivity index (χ1) is 11.9. The summed E-state index contributed by atoms with van der Waals surface area (Å²) in [6.07, 6.45) is 0.918. The third-order valence-electron chi connectivity index (χ3n) is 4.93. The highest BCUT2D eigenvalue weighted by atomic mass is 35.5. The number of benzene rings is 1. The molecule has 1 aromatic carbocycles. The van der Waals surface area contributed by atoms with Crippen molar-refractivity contribution >= 4 is 21.6 Å². The smallest absolute Gasteiger partial charge is 0.245 e. The molecule has 3 saturated heterocycles. The maximum absolute atomic E-state index is 13.0. The zero-order valence-corrected chi connectivity index (χ0v) is 15.5. The predicted octanol–water partition coefficient (Wildman–Crippen LogP) is 2.69. The van der Waals surface area contributed by atoms with E-state index in [4.69, 9.17) is 11.6 Å². The van der Waals surface area contributed by atoms with Crippen molar-refractivity contribution in [2.75, 3.05) is 13.1 Å². The van der Waals surface area contributed by atoms with Crippen molar-refractivity contribution in [3.05, 3.63) is 58.9 Å². The third kappa shape index (κ3) is 3.08. The van der Waals surface area contributed by atoms with Crippen molar-refractivity contribution in [2.24, 2.45) is 0 Å². The van der Waals surface area contributed by atoms with Gasteiger partial charge in [-0.1, -0.05) is 29.8 Å². The fraction of sp³-hybridized carbons (Fsp3) is 0.389. The van der Waals surface area contributed by atoms with Crippen LogP contribution < -0.4 is 0 Å². The summed E-state index contributed by atoms with van der Waals surface area (Å²) in [5, 5.41) is 0.285. The van der Waals surface area contributed by atoms with Gasteiger partial charge in [0.2, 0.25) is 10.0 Å². The van der Waals surface area contributed by atoms with Crippen LogP contribution in [-0.2, 0) is 16.6 Å². The van der Waals surface area contributed by atoms with E-state index in [0.29, 0.717) is 0 Å².